The maximum atomic E-state index is 12.2. The van der Waals surface area contributed by atoms with Crippen LogP contribution in [0.15, 0.2) is 42.5 Å². The molecule has 5 nitrogen and oxygen atoms in total. The fraction of sp³-hybridized carbons (Fsp3) is 0.278. The molecule has 5 heteroatoms. The minimum Gasteiger partial charge on any atom is -0.497 e. The first-order chi connectivity index (χ1) is 11.0. The maximum Gasteiger partial charge on any atom is 0.340 e. The van der Waals surface area contributed by atoms with Crippen LogP contribution in [0.1, 0.15) is 22.1 Å². The molecule has 1 unspecified atom stereocenters. The molecular weight excluding hydrogens is 292 g/mol. The van der Waals surface area contributed by atoms with E-state index in [1.807, 2.05) is 73.4 Å². The number of carbonyl (C=O) groups is 1. The Labute approximate surface area is 136 Å². The van der Waals surface area contributed by atoms with Crippen LogP contribution in [0.2, 0.25) is 0 Å². The molecule has 1 aliphatic heterocycles. The molecule has 2 aromatic carbocycles. The second-order valence-corrected chi connectivity index (χ2v) is 5.73. The van der Waals surface area contributed by atoms with Gasteiger partial charge in [0.2, 0.25) is 6.23 Å². The number of hydrogen-bond acceptors (Lipinski definition) is 5. The number of methoxy groups -OCH3 is 1. The van der Waals surface area contributed by atoms with Crippen LogP contribution < -0.4 is 14.5 Å². The van der Waals surface area contributed by atoms with Crippen LogP contribution in [-0.2, 0) is 4.74 Å². The summed E-state index contributed by atoms with van der Waals surface area (Å²) in [6, 6.07) is 13.5. The maximum absolute atomic E-state index is 12.2. The van der Waals surface area contributed by atoms with Crippen molar-refractivity contribution >= 4 is 17.3 Å². The fourth-order valence-electron chi connectivity index (χ4n) is 2.68. The van der Waals surface area contributed by atoms with E-state index in [0.717, 1.165) is 22.7 Å². The summed E-state index contributed by atoms with van der Waals surface area (Å²) >= 11 is 0. The minimum absolute atomic E-state index is 0.283. The number of anilines is 2. The molecule has 0 spiro atoms. The number of ether oxygens (including phenoxy) is 2. The van der Waals surface area contributed by atoms with Crippen molar-refractivity contribution in [1.82, 2.24) is 0 Å². The molecule has 3 rings (SSSR count). The highest BCUT2D eigenvalue weighted by Crippen LogP contribution is 2.37. The second kappa shape index (κ2) is 5.83. The van der Waals surface area contributed by atoms with Gasteiger partial charge in [-0.2, -0.15) is 0 Å². The summed E-state index contributed by atoms with van der Waals surface area (Å²) in [6.07, 6.45) is -0.415. The van der Waals surface area contributed by atoms with Crippen molar-refractivity contribution in [1.29, 1.82) is 0 Å². The van der Waals surface area contributed by atoms with Gasteiger partial charge < -0.3 is 19.3 Å². The van der Waals surface area contributed by atoms with Gasteiger partial charge in [0, 0.05) is 38.1 Å². The van der Waals surface area contributed by atoms with Gasteiger partial charge in [0.25, 0.3) is 0 Å². The largest absolute Gasteiger partial charge is 0.497 e. The molecule has 2 aromatic rings. The number of benzene rings is 2. The summed E-state index contributed by atoms with van der Waals surface area (Å²) in [7, 11) is 7.44. The van der Waals surface area contributed by atoms with E-state index in [-0.39, 0.29) is 5.97 Å². The third-order valence-electron chi connectivity index (χ3n) is 4.09. The van der Waals surface area contributed by atoms with Crippen LogP contribution in [0, 0.1) is 0 Å². The van der Waals surface area contributed by atoms with Crippen molar-refractivity contribution in [2.24, 2.45) is 0 Å². The zero-order valence-electron chi connectivity index (χ0n) is 13.7. The van der Waals surface area contributed by atoms with Gasteiger partial charge in [-0.25, -0.2) is 4.79 Å². The normalized spacial score (nSPS) is 15.8. The molecule has 0 bridgehead atoms. The van der Waals surface area contributed by atoms with Crippen LogP contribution in [0.25, 0.3) is 0 Å². The van der Waals surface area contributed by atoms with Crippen LogP contribution in [0.3, 0.4) is 0 Å². The smallest absolute Gasteiger partial charge is 0.340 e. The van der Waals surface area contributed by atoms with E-state index in [2.05, 4.69) is 0 Å². The number of nitrogens with zero attached hydrogens (tertiary/aromatic N) is 2. The summed E-state index contributed by atoms with van der Waals surface area (Å²) < 4.78 is 10.8. The van der Waals surface area contributed by atoms with Gasteiger partial charge in [0.05, 0.1) is 12.7 Å². The van der Waals surface area contributed by atoms with Gasteiger partial charge in [-0.05, 0) is 36.4 Å². The average molecular weight is 312 g/mol. The van der Waals surface area contributed by atoms with Gasteiger partial charge in [0.15, 0.2) is 0 Å². The molecule has 1 aliphatic rings. The summed E-state index contributed by atoms with van der Waals surface area (Å²) in [5.41, 5.74) is 3.45. The van der Waals surface area contributed by atoms with E-state index < -0.39 is 6.23 Å². The summed E-state index contributed by atoms with van der Waals surface area (Å²) in [6.45, 7) is 0. The topological polar surface area (TPSA) is 42.0 Å². The molecule has 0 saturated carbocycles. The Morgan fingerprint density at radius 3 is 2.26 bits per heavy atom. The predicted molar refractivity (Wildman–Crippen MR) is 90.3 cm³/mol. The van der Waals surface area contributed by atoms with E-state index in [9.17, 15) is 4.79 Å². The van der Waals surface area contributed by atoms with Crippen molar-refractivity contribution in [3.8, 4) is 5.75 Å². The van der Waals surface area contributed by atoms with Crippen molar-refractivity contribution < 1.29 is 14.3 Å². The molecule has 0 saturated heterocycles. The number of hydrogen-bond donors (Lipinski definition) is 0. The monoisotopic (exact) mass is 312 g/mol. The Balaban J connectivity index is 1.92. The van der Waals surface area contributed by atoms with Crippen molar-refractivity contribution in [2.45, 2.75) is 6.23 Å². The Bertz CT molecular complexity index is 726. The van der Waals surface area contributed by atoms with Gasteiger partial charge in [-0.1, -0.05) is 6.07 Å². The van der Waals surface area contributed by atoms with Gasteiger partial charge in [0.1, 0.15) is 5.75 Å². The van der Waals surface area contributed by atoms with E-state index in [0.29, 0.717) is 5.56 Å². The van der Waals surface area contributed by atoms with Crippen LogP contribution >= 0.6 is 0 Å². The number of esters is 1. The van der Waals surface area contributed by atoms with Crippen molar-refractivity contribution in [3.63, 3.8) is 0 Å². The molecule has 0 aromatic heterocycles. The third kappa shape index (κ3) is 2.70. The minimum atomic E-state index is -0.415. The van der Waals surface area contributed by atoms with E-state index in [4.69, 9.17) is 9.47 Å². The highest BCUT2D eigenvalue weighted by Gasteiger charge is 2.34. The first kappa shape index (κ1) is 15.2. The molecule has 23 heavy (non-hydrogen) atoms. The average Bonchev–Trinajstić information content (AvgIpc) is 2.90. The number of carbonyl (C=O) groups excluding carboxylic acids is 1. The highest BCUT2D eigenvalue weighted by molar-refractivity contribution is 5.95. The van der Waals surface area contributed by atoms with Crippen LogP contribution in [0.4, 0.5) is 11.4 Å². The number of fused-ring (bicyclic) bond motifs is 1. The lowest BCUT2D eigenvalue weighted by Gasteiger charge is -2.26. The molecule has 1 heterocycles. The third-order valence-corrected chi connectivity index (χ3v) is 4.09. The Kier molecular flexibility index (Phi) is 3.86. The number of cyclic esters (lactones) is 1. The van der Waals surface area contributed by atoms with Gasteiger partial charge in [-0.3, -0.25) is 0 Å². The Hall–Kier alpha value is -2.69. The lowest BCUT2D eigenvalue weighted by Crippen LogP contribution is -2.24. The van der Waals surface area contributed by atoms with Crippen LogP contribution in [-0.4, -0.2) is 34.2 Å². The molecule has 0 aliphatic carbocycles. The SMILES string of the molecule is COc1ccc(N(C)C2OC(=O)c3cc(N(C)C)ccc32)cc1. The second-order valence-electron chi connectivity index (χ2n) is 5.73. The zero-order valence-corrected chi connectivity index (χ0v) is 13.7. The number of rotatable bonds is 4. The molecule has 1 atom stereocenters. The molecule has 0 radical (unpaired) electrons. The summed E-state index contributed by atoms with van der Waals surface area (Å²) in [5.74, 6) is 0.510. The highest BCUT2D eigenvalue weighted by atomic mass is 16.6. The fourth-order valence-corrected chi connectivity index (χ4v) is 2.68. The summed E-state index contributed by atoms with van der Waals surface area (Å²) in [4.78, 5) is 16.1. The zero-order chi connectivity index (χ0) is 16.6. The first-order valence-corrected chi connectivity index (χ1v) is 7.40. The molecular formula is C18H20N2O3. The lowest BCUT2D eigenvalue weighted by atomic mass is 10.1. The lowest BCUT2D eigenvalue weighted by molar-refractivity contribution is 0.0388. The van der Waals surface area contributed by atoms with Gasteiger partial charge in [-0.15, -0.1) is 0 Å². The first-order valence-electron chi connectivity index (χ1n) is 7.40. The molecule has 120 valence electrons. The standard InChI is InChI=1S/C18H20N2O3/c1-19(2)13-7-10-15-16(11-13)18(21)23-17(15)20(3)12-5-8-14(22-4)9-6-12/h5-11,17H,1-4H3. The molecule has 0 amide bonds. The summed E-state index contributed by atoms with van der Waals surface area (Å²) in [5, 5.41) is 0. The van der Waals surface area contributed by atoms with Crippen molar-refractivity contribution in [2.75, 3.05) is 38.1 Å². The van der Waals surface area contributed by atoms with E-state index >= 15 is 0 Å². The molecule has 0 fully saturated rings. The van der Waals surface area contributed by atoms with E-state index in [1.54, 1.807) is 7.11 Å². The van der Waals surface area contributed by atoms with Crippen LogP contribution in [0.5, 0.6) is 5.75 Å². The van der Waals surface area contributed by atoms with Gasteiger partial charge >= 0.3 is 5.97 Å². The predicted octanol–water partition coefficient (Wildman–Crippen LogP) is 3.07. The molecule has 0 N–H and O–H groups in total. The quantitative estimate of drug-likeness (QED) is 0.812. The Morgan fingerprint density at radius 1 is 1.00 bits per heavy atom. The van der Waals surface area contributed by atoms with Crippen molar-refractivity contribution in [3.05, 3.63) is 53.6 Å². The Morgan fingerprint density at radius 2 is 1.65 bits per heavy atom. The van der Waals surface area contributed by atoms with E-state index in [1.165, 1.54) is 0 Å².